The molecule has 3 nitrogen and oxygen atoms in total. The second-order valence-corrected chi connectivity index (χ2v) is 6.82. The number of nitrogens with two attached hydrogens (primary N) is 1. The number of anilines is 1. The number of fused-ring (bicyclic) bond motifs is 1. The predicted molar refractivity (Wildman–Crippen MR) is 81.1 cm³/mol. The van der Waals surface area contributed by atoms with Crippen molar-refractivity contribution in [2.45, 2.75) is 0 Å². The largest absolute Gasteiger partial charge is 0.450 e. The highest BCUT2D eigenvalue weighted by Gasteiger charge is 2.21. The first-order valence-electron chi connectivity index (χ1n) is 5.34. The van der Waals surface area contributed by atoms with Gasteiger partial charge in [0.25, 0.3) is 0 Å². The number of hydrogen-bond acceptors (Lipinski definition) is 4. The van der Waals surface area contributed by atoms with Gasteiger partial charge in [-0.2, -0.15) is 0 Å². The number of ketones is 1. The molecule has 2 aromatic heterocycles. The van der Waals surface area contributed by atoms with Gasteiger partial charge < -0.3 is 10.2 Å². The van der Waals surface area contributed by atoms with Gasteiger partial charge in [-0.3, -0.25) is 4.79 Å². The Balaban J connectivity index is 2.15. The van der Waals surface area contributed by atoms with Gasteiger partial charge in [-0.05, 0) is 46.3 Å². The molecule has 0 aliphatic rings. The van der Waals surface area contributed by atoms with Gasteiger partial charge in [0.1, 0.15) is 5.58 Å². The minimum Gasteiger partial charge on any atom is -0.450 e. The molecule has 3 aromatic rings. The molecule has 0 saturated heterocycles. The lowest BCUT2D eigenvalue weighted by Crippen LogP contribution is -2.00. The van der Waals surface area contributed by atoms with E-state index in [9.17, 15) is 4.79 Å². The maximum absolute atomic E-state index is 12.3. The second-order valence-electron chi connectivity index (χ2n) is 3.92. The summed E-state index contributed by atoms with van der Waals surface area (Å²) in [5.74, 6) is -0.0628. The molecule has 96 valence electrons. The van der Waals surface area contributed by atoms with Crippen LogP contribution in [0.15, 0.2) is 38.5 Å². The topological polar surface area (TPSA) is 56.2 Å². The first kappa shape index (κ1) is 12.7. The van der Waals surface area contributed by atoms with Crippen LogP contribution in [-0.4, -0.2) is 5.78 Å². The number of carbonyl (C=O) groups is 1. The summed E-state index contributed by atoms with van der Waals surface area (Å²) in [5.41, 5.74) is 6.85. The number of rotatable bonds is 2. The summed E-state index contributed by atoms with van der Waals surface area (Å²) in [6.07, 6.45) is 0. The number of hydrogen-bond donors (Lipinski definition) is 1. The lowest BCUT2D eigenvalue weighted by molar-refractivity contribution is 0.102. The Morgan fingerprint density at radius 3 is 2.79 bits per heavy atom. The van der Waals surface area contributed by atoms with Gasteiger partial charge in [-0.25, -0.2) is 0 Å². The Morgan fingerprint density at radius 2 is 2.11 bits per heavy atom. The summed E-state index contributed by atoms with van der Waals surface area (Å²) in [6, 6.07) is 8.64. The molecule has 2 N–H and O–H groups in total. The van der Waals surface area contributed by atoms with Gasteiger partial charge in [0.05, 0.1) is 14.4 Å². The third-order valence-corrected chi connectivity index (χ3v) is 4.55. The van der Waals surface area contributed by atoms with Gasteiger partial charge in [0.15, 0.2) is 5.76 Å². The van der Waals surface area contributed by atoms with Crippen molar-refractivity contribution in [1.29, 1.82) is 0 Å². The molecule has 0 bridgehead atoms. The van der Waals surface area contributed by atoms with Crippen LogP contribution >= 0.6 is 38.9 Å². The zero-order chi connectivity index (χ0) is 13.6. The summed E-state index contributed by atoms with van der Waals surface area (Å²) < 4.78 is 6.42. The number of benzene rings is 1. The molecule has 19 heavy (non-hydrogen) atoms. The molecule has 0 atom stereocenters. The molecule has 2 heterocycles. The van der Waals surface area contributed by atoms with Gasteiger partial charge >= 0.3 is 0 Å². The standard InChI is InChI=1S/C13H7BrClNO2S/c14-10-4-3-9(19-10)12(17)13-11(16)7-5-6(15)1-2-8(7)18-13/h1-5H,16H2. The number of furan rings is 1. The molecular weight excluding hydrogens is 350 g/mol. The Bertz CT molecular complexity index is 793. The number of thiophene rings is 1. The van der Waals surface area contributed by atoms with E-state index in [4.69, 9.17) is 21.8 Å². The molecule has 0 aliphatic heterocycles. The highest BCUT2D eigenvalue weighted by Crippen LogP contribution is 2.33. The number of halogens is 2. The number of nitrogen functional groups attached to an aromatic ring is 1. The Morgan fingerprint density at radius 1 is 1.32 bits per heavy atom. The minimum atomic E-state index is -0.222. The monoisotopic (exact) mass is 355 g/mol. The third-order valence-electron chi connectivity index (χ3n) is 2.69. The van der Waals surface area contributed by atoms with Crippen molar-refractivity contribution in [2.24, 2.45) is 0 Å². The summed E-state index contributed by atoms with van der Waals surface area (Å²) in [4.78, 5) is 12.9. The van der Waals surface area contributed by atoms with Crippen LogP contribution in [0.2, 0.25) is 5.02 Å². The van der Waals surface area contributed by atoms with E-state index < -0.39 is 0 Å². The van der Waals surface area contributed by atoms with Gasteiger partial charge in [-0.1, -0.05) is 11.6 Å². The van der Waals surface area contributed by atoms with Crippen LogP contribution in [0.25, 0.3) is 11.0 Å². The maximum atomic E-state index is 12.3. The first-order chi connectivity index (χ1) is 9.06. The first-order valence-corrected chi connectivity index (χ1v) is 7.32. The van der Waals surface area contributed by atoms with E-state index in [-0.39, 0.29) is 11.5 Å². The van der Waals surface area contributed by atoms with E-state index in [1.807, 2.05) is 6.07 Å². The van der Waals surface area contributed by atoms with E-state index in [0.29, 0.717) is 26.6 Å². The van der Waals surface area contributed by atoms with Crippen molar-refractivity contribution in [3.05, 3.63) is 49.8 Å². The van der Waals surface area contributed by atoms with Crippen LogP contribution in [0.1, 0.15) is 15.4 Å². The van der Waals surface area contributed by atoms with Crippen LogP contribution in [0.4, 0.5) is 5.69 Å². The van der Waals surface area contributed by atoms with E-state index in [1.54, 1.807) is 24.3 Å². The fourth-order valence-electron chi connectivity index (χ4n) is 1.81. The molecule has 3 rings (SSSR count). The number of carbonyl (C=O) groups excluding carboxylic acids is 1. The lowest BCUT2D eigenvalue weighted by atomic mass is 10.2. The SMILES string of the molecule is Nc1c(C(=O)c2ccc(Br)s2)oc2ccc(Cl)cc12. The zero-order valence-electron chi connectivity index (χ0n) is 9.44. The second kappa shape index (κ2) is 4.67. The molecule has 0 spiro atoms. The molecule has 0 saturated carbocycles. The average Bonchev–Trinajstić information content (AvgIpc) is 2.94. The van der Waals surface area contributed by atoms with Crippen molar-refractivity contribution < 1.29 is 9.21 Å². The van der Waals surface area contributed by atoms with E-state index in [1.165, 1.54) is 11.3 Å². The van der Waals surface area contributed by atoms with Crippen LogP contribution in [0.5, 0.6) is 0 Å². The molecule has 0 amide bonds. The highest BCUT2D eigenvalue weighted by atomic mass is 79.9. The van der Waals surface area contributed by atoms with E-state index >= 15 is 0 Å². The van der Waals surface area contributed by atoms with Crippen molar-refractivity contribution in [2.75, 3.05) is 5.73 Å². The fraction of sp³-hybridized carbons (Fsp3) is 0. The van der Waals surface area contributed by atoms with Gasteiger partial charge in [0.2, 0.25) is 5.78 Å². The molecule has 0 radical (unpaired) electrons. The summed E-state index contributed by atoms with van der Waals surface area (Å²) in [5, 5.41) is 1.21. The minimum absolute atomic E-state index is 0.159. The molecule has 0 unspecified atom stereocenters. The molecule has 0 aliphatic carbocycles. The molecule has 0 fully saturated rings. The van der Waals surface area contributed by atoms with Crippen LogP contribution < -0.4 is 5.73 Å². The molecule has 6 heteroatoms. The van der Waals surface area contributed by atoms with Gasteiger partial charge in [0, 0.05) is 10.4 Å². The van der Waals surface area contributed by atoms with Crippen molar-refractivity contribution in [1.82, 2.24) is 0 Å². The van der Waals surface area contributed by atoms with Crippen molar-refractivity contribution in [3.8, 4) is 0 Å². The van der Waals surface area contributed by atoms with E-state index in [0.717, 1.165) is 3.79 Å². The molecular formula is C13H7BrClNO2S. The predicted octanol–water partition coefficient (Wildman–Crippen LogP) is 4.72. The summed E-state index contributed by atoms with van der Waals surface area (Å²) in [7, 11) is 0. The Labute approximate surface area is 126 Å². The Hall–Kier alpha value is -1.30. The fourth-order valence-corrected chi connectivity index (χ4v) is 3.30. The van der Waals surface area contributed by atoms with Crippen molar-refractivity contribution in [3.63, 3.8) is 0 Å². The van der Waals surface area contributed by atoms with Crippen LogP contribution in [-0.2, 0) is 0 Å². The van der Waals surface area contributed by atoms with Crippen LogP contribution in [0, 0.1) is 0 Å². The van der Waals surface area contributed by atoms with Crippen molar-refractivity contribution >= 4 is 61.3 Å². The lowest BCUT2D eigenvalue weighted by Gasteiger charge is -1.94. The average molecular weight is 357 g/mol. The summed E-state index contributed by atoms with van der Waals surface area (Å²) in [6.45, 7) is 0. The molecule has 1 aromatic carbocycles. The smallest absolute Gasteiger partial charge is 0.240 e. The highest BCUT2D eigenvalue weighted by molar-refractivity contribution is 9.11. The van der Waals surface area contributed by atoms with E-state index in [2.05, 4.69) is 15.9 Å². The summed E-state index contributed by atoms with van der Waals surface area (Å²) >= 11 is 10.6. The van der Waals surface area contributed by atoms with Gasteiger partial charge in [-0.15, -0.1) is 11.3 Å². The quantitative estimate of drug-likeness (QED) is 0.676. The normalized spacial score (nSPS) is 11.1. The third kappa shape index (κ3) is 2.18. The zero-order valence-corrected chi connectivity index (χ0v) is 12.6. The van der Waals surface area contributed by atoms with Crippen LogP contribution in [0.3, 0.4) is 0 Å². The maximum Gasteiger partial charge on any atom is 0.240 e. The Kier molecular flexibility index (Phi) is 3.12.